The van der Waals surface area contributed by atoms with Crippen molar-refractivity contribution in [1.82, 2.24) is 29.8 Å². The lowest BCUT2D eigenvalue weighted by Gasteiger charge is -2.37. The highest BCUT2D eigenvalue weighted by Crippen LogP contribution is 2.37. The highest BCUT2D eigenvalue weighted by molar-refractivity contribution is 9.10. The average molecular weight is 564 g/mol. The number of piperazine rings is 1. The van der Waals surface area contributed by atoms with Gasteiger partial charge in [-0.15, -0.1) is 5.10 Å². The van der Waals surface area contributed by atoms with Crippen LogP contribution in [-0.4, -0.2) is 72.6 Å². The summed E-state index contributed by atoms with van der Waals surface area (Å²) in [7, 11) is 0. The van der Waals surface area contributed by atoms with Gasteiger partial charge in [-0.05, 0) is 66.7 Å². The maximum absolute atomic E-state index is 12.4. The van der Waals surface area contributed by atoms with Gasteiger partial charge in [0.2, 0.25) is 5.88 Å². The highest BCUT2D eigenvalue weighted by Gasteiger charge is 2.31. The number of carbonyl (C=O) groups excluding carboxylic acids is 1. The zero-order chi connectivity index (χ0) is 24.7. The molecule has 0 unspecified atom stereocenters. The quantitative estimate of drug-likeness (QED) is 0.466. The molecule has 2 aromatic heterocycles. The molecule has 1 aliphatic heterocycles. The predicted molar refractivity (Wildman–Crippen MR) is 135 cm³/mol. The smallest absolute Gasteiger partial charge is 0.254 e. The van der Waals surface area contributed by atoms with E-state index >= 15 is 0 Å². The van der Waals surface area contributed by atoms with Crippen LogP contribution in [0.3, 0.4) is 0 Å². The first-order chi connectivity index (χ1) is 16.7. The van der Waals surface area contributed by atoms with Crippen LogP contribution in [0.2, 0.25) is 5.02 Å². The van der Waals surface area contributed by atoms with Gasteiger partial charge in [0.1, 0.15) is 16.9 Å². The summed E-state index contributed by atoms with van der Waals surface area (Å²) in [6.07, 6.45) is 4.07. The Morgan fingerprint density at radius 2 is 2.00 bits per heavy atom. The Hall–Kier alpha value is -2.27. The van der Waals surface area contributed by atoms with Crippen molar-refractivity contribution in [3.63, 3.8) is 0 Å². The molecule has 0 spiro atoms. The first-order valence-electron chi connectivity index (χ1n) is 11.8. The molecule has 5 rings (SSSR count). The normalized spacial score (nSPS) is 17.2. The fourth-order valence-electron chi connectivity index (χ4n) is 4.26. The third-order valence-electron chi connectivity index (χ3n) is 6.39. The van der Waals surface area contributed by atoms with E-state index in [4.69, 9.17) is 16.3 Å². The van der Waals surface area contributed by atoms with Crippen molar-refractivity contribution in [1.29, 1.82) is 0 Å². The Bertz CT molecular complexity index is 1250. The SMILES string of the molecule is CC(C)(O)C(=O)N1CCN(Cc2cc(Cl)cnc2Oc2ccc3c(nnn3CC3CC3)c2Br)CC1. The lowest BCUT2D eigenvalue weighted by molar-refractivity contribution is -0.149. The molecule has 0 bridgehead atoms. The van der Waals surface area contributed by atoms with E-state index in [1.807, 2.05) is 22.9 Å². The fourth-order valence-corrected chi connectivity index (χ4v) is 4.94. The summed E-state index contributed by atoms with van der Waals surface area (Å²) in [5.74, 6) is 1.52. The molecule has 1 amide bonds. The van der Waals surface area contributed by atoms with Crippen LogP contribution < -0.4 is 4.74 Å². The number of hydrogen-bond acceptors (Lipinski definition) is 7. The van der Waals surface area contributed by atoms with E-state index in [2.05, 4.69) is 36.1 Å². The summed E-state index contributed by atoms with van der Waals surface area (Å²) in [5, 5.41) is 19.2. The Morgan fingerprint density at radius 3 is 2.69 bits per heavy atom. The van der Waals surface area contributed by atoms with Crippen LogP contribution in [0.15, 0.2) is 28.9 Å². The second kappa shape index (κ2) is 9.65. The monoisotopic (exact) mass is 562 g/mol. The Kier molecular flexibility index (Phi) is 6.73. The van der Waals surface area contributed by atoms with Gasteiger partial charge >= 0.3 is 0 Å². The molecule has 35 heavy (non-hydrogen) atoms. The molecule has 2 aliphatic rings. The van der Waals surface area contributed by atoms with Crippen molar-refractivity contribution in [2.24, 2.45) is 5.92 Å². The number of aliphatic hydroxyl groups is 1. The van der Waals surface area contributed by atoms with E-state index in [0.29, 0.717) is 55.3 Å². The Balaban J connectivity index is 1.31. The minimum atomic E-state index is -1.36. The van der Waals surface area contributed by atoms with E-state index in [1.165, 1.54) is 26.7 Å². The zero-order valence-electron chi connectivity index (χ0n) is 19.7. The number of fused-ring (bicyclic) bond motifs is 1. The van der Waals surface area contributed by atoms with Gasteiger partial charge in [0.15, 0.2) is 0 Å². The second-order valence-corrected chi connectivity index (χ2v) is 11.0. The van der Waals surface area contributed by atoms with Crippen molar-refractivity contribution in [3.05, 3.63) is 39.5 Å². The number of nitrogens with zero attached hydrogens (tertiary/aromatic N) is 6. The molecule has 0 radical (unpaired) electrons. The summed E-state index contributed by atoms with van der Waals surface area (Å²) in [6.45, 7) is 6.95. The molecule has 1 saturated heterocycles. The molecule has 1 aliphatic carbocycles. The first kappa shape index (κ1) is 24.4. The fraction of sp³-hybridized carbons (Fsp3) is 0.500. The van der Waals surface area contributed by atoms with E-state index in [-0.39, 0.29) is 5.91 Å². The van der Waals surface area contributed by atoms with Gasteiger partial charge in [-0.3, -0.25) is 9.69 Å². The molecule has 3 aromatic rings. The third kappa shape index (κ3) is 5.45. The van der Waals surface area contributed by atoms with E-state index in [1.54, 1.807) is 11.1 Å². The molecule has 1 N–H and O–H groups in total. The summed E-state index contributed by atoms with van der Waals surface area (Å²) >= 11 is 9.91. The molecular formula is C24H28BrClN6O3. The van der Waals surface area contributed by atoms with E-state index in [9.17, 15) is 9.90 Å². The van der Waals surface area contributed by atoms with Gasteiger partial charge in [0.25, 0.3) is 5.91 Å². The summed E-state index contributed by atoms with van der Waals surface area (Å²) in [6, 6.07) is 5.74. The minimum absolute atomic E-state index is 0.250. The number of ether oxygens (including phenoxy) is 1. The maximum Gasteiger partial charge on any atom is 0.254 e. The standard InChI is InChI=1S/C24H28BrClN6O3/c1-24(2,34)23(33)31-9-7-30(8-10-31)14-16-11-17(26)12-27-22(16)35-19-6-5-18-21(20(19)25)28-29-32(18)13-15-3-4-15/h5-6,11-12,15,34H,3-4,7-10,13-14H2,1-2H3. The van der Waals surface area contributed by atoms with Crippen LogP contribution in [0, 0.1) is 5.92 Å². The van der Waals surface area contributed by atoms with Crippen molar-refractivity contribution in [2.75, 3.05) is 26.2 Å². The number of pyridine rings is 1. The number of carbonyl (C=O) groups is 1. The molecule has 1 saturated carbocycles. The van der Waals surface area contributed by atoms with Gasteiger partial charge < -0.3 is 14.7 Å². The van der Waals surface area contributed by atoms with Crippen LogP contribution >= 0.6 is 27.5 Å². The molecule has 11 heteroatoms. The average Bonchev–Trinajstić information content (AvgIpc) is 3.54. The zero-order valence-corrected chi connectivity index (χ0v) is 22.1. The second-order valence-electron chi connectivity index (χ2n) is 9.81. The van der Waals surface area contributed by atoms with Crippen molar-refractivity contribution in [3.8, 4) is 11.6 Å². The molecular weight excluding hydrogens is 536 g/mol. The lowest BCUT2D eigenvalue weighted by Crippen LogP contribution is -2.53. The number of hydrogen-bond donors (Lipinski definition) is 1. The number of amides is 1. The van der Waals surface area contributed by atoms with Crippen molar-refractivity contribution in [2.45, 2.75) is 45.4 Å². The van der Waals surface area contributed by atoms with E-state index < -0.39 is 5.60 Å². The molecule has 2 fully saturated rings. The Labute approximate surface area is 217 Å². The van der Waals surface area contributed by atoms with Crippen LogP contribution in [0.25, 0.3) is 11.0 Å². The number of aromatic nitrogens is 4. The highest BCUT2D eigenvalue weighted by atomic mass is 79.9. The van der Waals surface area contributed by atoms with Crippen LogP contribution in [0.4, 0.5) is 0 Å². The van der Waals surface area contributed by atoms with E-state index in [0.717, 1.165) is 27.6 Å². The molecule has 0 atom stereocenters. The van der Waals surface area contributed by atoms with Crippen molar-refractivity contribution >= 4 is 44.5 Å². The van der Waals surface area contributed by atoms with Gasteiger partial charge in [-0.1, -0.05) is 16.8 Å². The molecule has 9 nitrogen and oxygen atoms in total. The summed E-state index contributed by atoms with van der Waals surface area (Å²) < 4.78 is 8.92. The third-order valence-corrected chi connectivity index (χ3v) is 7.37. The van der Waals surface area contributed by atoms with Crippen LogP contribution in [0.5, 0.6) is 11.6 Å². The predicted octanol–water partition coefficient (Wildman–Crippen LogP) is 3.86. The number of benzene rings is 1. The number of rotatable bonds is 7. The Morgan fingerprint density at radius 1 is 1.26 bits per heavy atom. The minimum Gasteiger partial charge on any atom is -0.437 e. The topological polar surface area (TPSA) is 96.6 Å². The molecule has 1 aromatic carbocycles. The van der Waals surface area contributed by atoms with Gasteiger partial charge in [0, 0.05) is 51.0 Å². The first-order valence-corrected chi connectivity index (χ1v) is 12.9. The molecule has 186 valence electrons. The lowest BCUT2D eigenvalue weighted by atomic mass is 10.1. The van der Waals surface area contributed by atoms with Crippen LogP contribution in [-0.2, 0) is 17.9 Å². The van der Waals surface area contributed by atoms with Crippen LogP contribution in [0.1, 0.15) is 32.3 Å². The molecule has 3 heterocycles. The van der Waals surface area contributed by atoms with Gasteiger partial charge in [0.05, 0.1) is 15.0 Å². The summed E-state index contributed by atoms with van der Waals surface area (Å²) in [4.78, 5) is 20.7. The van der Waals surface area contributed by atoms with Gasteiger partial charge in [-0.25, -0.2) is 9.67 Å². The maximum atomic E-state index is 12.4. The van der Waals surface area contributed by atoms with Gasteiger partial charge in [-0.2, -0.15) is 0 Å². The number of halogens is 2. The largest absolute Gasteiger partial charge is 0.437 e. The summed E-state index contributed by atoms with van der Waals surface area (Å²) in [5.41, 5.74) is 1.21. The van der Waals surface area contributed by atoms with Crippen molar-refractivity contribution < 1.29 is 14.6 Å².